The van der Waals surface area contributed by atoms with Crippen LogP contribution in [0, 0.1) is 0 Å². The van der Waals surface area contributed by atoms with E-state index in [4.69, 9.17) is 10.5 Å². The van der Waals surface area contributed by atoms with Gasteiger partial charge in [0.25, 0.3) is 0 Å². The van der Waals surface area contributed by atoms with Gasteiger partial charge in [0.05, 0.1) is 11.8 Å². The number of aromatic hydroxyl groups is 1. The van der Waals surface area contributed by atoms with Gasteiger partial charge in [-0.25, -0.2) is 0 Å². The van der Waals surface area contributed by atoms with E-state index in [1.54, 1.807) is 12.1 Å². The average Bonchev–Trinajstić information content (AvgIpc) is 1.96. The second-order valence-corrected chi connectivity index (χ2v) is 2.89. The van der Waals surface area contributed by atoms with Gasteiger partial charge in [-0.15, -0.1) is 0 Å². The summed E-state index contributed by atoms with van der Waals surface area (Å²) in [5, 5.41) is 9.21. The Morgan fingerprint density at radius 2 is 2.08 bits per heavy atom. The highest BCUT2D eigenvalue weighted by molar-refractivity contribution is 5.54. The smallest absolute Gasteiger partial charge is 0.142 e. The summed E-state index contributed by atoms with van der Waals surface area (Å²) in [6.07, 6.45) is 0.105. The minimum Gasteiger partial charge on any atom is -0.506 e. The van der Waals surface area contributed by atoms with Gasteiger partial charge in [-0.1, -0.05) is 0 Å². The molecule has 0 bridgehead atoms. The molecule has 66 valence electrons. The van der Waals surface area contributed by atoms with E-state index in [0.717, 1.165) is 0 Å². The number of hydrogen-bond acceptors (Lipinski definition) is 3. The molecule has 0 saturated carbocycles. The van der Waals surface area contributed by atoms with Gasteiger partial charge in [-0.2, -0.15) is 0 Å². The highest BCUT2D eigenvalue weighted by atomic mass is 16.5. The molecule has 1 rings (SSSR count). The topological polar surface area (TPSA) is 55.5 Å². The van der Waals surface area contributed by atoms with Gasteiger partial charge >= 0.3 is 0 Å². The van der Waals surface area contributed by atoms with E-state index in [1.807, 2.05) is 13.8 Å². The first-order valence-corrected chi connectivity index (χ1v) is 3.84. The lowest BCUT2D eigenvalue weighted by atomic mass is 10.3. The normalized spacial score (nSPS) is 10.2. The van der Waals surface area contributed by atoms with E-state index in [2.05, 4.69) is 0 Å². The van der Waals surface area contributed by atoms with Gasteiger partial charge in [0.2, 0.25) is 0 Å². The fraction of sp³-hybridized carbons (Fsp3) is 0.333. The molecule has 1 aromatic carbocycles. The number of nitrogen functional groups attached to an aromatic ring is 1. The van der Waals surface area contributed by atoms with Crippen molar-refractivity contribution in [3.8, 4) is 11.5 Å². The van der Waals surface area contributed by atoms with E-state index < -0.39 is 0 Å². The number of phenols is 1. The molecular weight excluding hydrogens is 154 g/mol. The largest absolute Gasteiger partial charge is 0.506 e. The van der Waals surface area contributed by atoms with Crippen molar-refractivity contribution >= 4 is 5.69 Å². The molecule has 0 aliphatic carbocycles. The molecule has 0 amide bonds. The Hall–Kier alpha value is -1.38. The third-order valence-corrected chi connectivity index (χ3v) is 1.37. The number of benzene rings is 1. The molecule has 0 fully saturated rings. The molecule has 0 heterocycles. The van der Waals surface area contributed by atoms with E-state index >= 15 is 0 Å². The maximum Gasteiger partial charge on any atom is 0.142 e. The summed E-state index contributed by atoms with van der Waals surface area (Å²) in [5.41, 5.74) is 5.78. The van der Waals surface area contributed by atoms with Gasteiger partial charge in [0.1, 0.15) is 11.5 Å². The molecule has 3 N–H and O–H groups in total. The molecule has 0 spiro atoms. The fourth-order valence-electron chi connectivity index (χ4n) is 0.869. The third-order valence-electron chi connectivity index (χ3n) is 1.37. The molecule has 0 aliphatic rings. The number of rotatable bonds is 2. The highest BCUT2D eigenvalue weighted by Gasteiger charge is 2.00. The lowest BCUT2D eigenvalue weighted by Crippen LogP contribution is -2.05. The van der Waals surface area contributed by atoms with E-state index in [0.29, 0.717) is 11.4 Å². The summed E-state index contributed by atoms with van der Waals surface area (Å²) in [4.78, 5) is 0. The van der Waals surface area contributed by atoms with Crippen LogP contribution in [0.15, 0.2) is 18.2 Å². The van der Waals surface area contributed by atoms with Crippen LogP contribution in [0.4, 0.5) is 5.69 Å². The van der Waals surface area contributed by atoms with Crippen LogP contribution in [0.2, 0.25) is 0 Å². The van der Waals surface area contributed by atoms with Crippen molar-refractivity contribution in [1.82, 2.24) is 0 Å². The molecule has 3 nitrogen and oxygen atoms in total. The molecule has 0 saturated heterocycles. The van der Waals surface area contributed by atoms with Crippen molar-refractivity contribution in [3.63, 3.8) is 0 Å². The van der Waals surface area contributed by atoms with Crippen LogP contribution < -0.4 is 10.5 Å². The number of hydrogen-bond donors (Lipinski definition) is 2. The fourth-order valence-corrected chi connectivity index (χ4v) is 0.869. The predicted octanol–water partition coefficient (Wildman–Crippen LogP) is 1.76. The van der Waals surface area contributed by atoms with Crippen molar-refractivity contribution in [3.05, 3.63) is 18.2 Å². The number of anilines is 1. The lowest BCUT2D eigenvalue weighted by molar-refractivity contribution is 0.241. The Balaban J connectivity index is 2.82. The Morgan fingerprint density at radius 3 is 2.58 bits per heavy atom. The van der Waals surface area contributed by atoms with Crippen LogP contribution in [-0.4, -0.2) is 11.2 Å². The first kappa shape index (κ1) is 8.71. The van der Waals surface area contributed by atoms with Crippen molar-refractivity contribution in [1.29, 1.82) is 0 Å². The lowest BCUT2D eigenvalue weighted by Gasteiger charge is -2.09. The second-order valence-electron chi connectivity index (χ2n) is 2.89. The van der Waals surface area contributed by atoms with Gasteiger partial charge in [0, 0.05) is 6.07 Å². The summed E-state index contributed by atoms with van der Waals surface area (Å²) in [6.45, 7) is 3.85. The van der Waals surface area contributed by atoms with Crippen molar-refractivity contribution in [2.45, 2.75) is 20.0 Å². The van der Waals surface area contributed by atoms with Crippen molar-refractivity contribution < 1.29 is 9.84 Å². The zero-order chi connectivity index (χ0) is 9.14. The van der Waals surface area contributed by atoms with Crippen LogP contribution in [0.25, 0.3) is 0 Å². The zero-order valence-electron chi connectivity index (χ0n) is 7.24. The minimum absolute atomic E-state index is 0.0631. The summed E-state index contributed by atoms with van der Waals surface area (Å²) >= 11 is 0. The Bertz CT molecular complexity index is 271. The van der Waals surface area contributed by atoms with Crippen LogP contribution in [0.5, 0.6) is 11.5 Å². The average molecular weight is 167 g/mol. The number of ether oxygens (including phenoxy) is 1. The molecule has 0 unspecified atom stereocenters. The standard InChI is InChI=1S/C9H13NO2/c1-6(2)12-7-3-4-8(10)9(11)5-7/h3-6,11H,10H2,1-2H3. The monoisotopic (exact) mass is 167 g/mol. The van der Waals surface area contributed by atoms with Crippen LogP contribution in [-0.2, 0) is 0 Å². The maximum absolute atomic E-state index is 9.21. The number of nitrogens with two attached hydrogens (primary N) is 1. The van der Waals surface area contributed by atoms with Crippen LogP contribution in [0.3, 0.4) is 0 Å². The molecule has 0 aromatic heterocycles. The molecular formula is C9H13NO2. The van der Waals surface area contributed by atoms with Crippen LogP contribution >= 0.6 is 0 Å². The molecule has 0 atom stereocenters. The summed E-state index contributed by atoms with van der Waals surface area (Å²) in [5.74, 6) is 0.699. The zero-order valence-corrected chi connectivity index (χ0v) is 7.24. The first-order chi connectivity index (χ1) is 5.59. The van der Waals surface area contributed by atoms with E-state index in [9.17, 15) is 5.11 Å². The van der Waals surface area contributed by atoms with Crippen molar-refractivity contribution in [2.24, 2.45) is 0 Å². The SMILES string of the molecule is CC(C)Oc1ccc(N)c(O)c1. The molecule has 3 heteroatoms. The molecule has 0 radical (unpaired) electrons. The Kier molecular flexibility index (Phi) is 2.43. The summed E-state index contributed by atoms with van der Waals surface area (Å²) in [6, 6.07) is 4.86. The summed E-state index contributed by atoms with van der Waals surface area (Å²) < 4.78 is 5.33. The first-order valence-electron chi connectivity index (χ1n) is 3.84. The Morgan fingerprint density at radius 1 is 1.42 bits per heavy atom. The quantitative estimate of drug-likeness (QED) is 0.521. The van der Waals surface area contributed by atoms with Crippen LogP contribution in [0.1, 0.15) is 13.8 Å². The molecule has 1 aromatic rings. The summed E-state index contributed by atoms with van der Waals surface area (Å²) in [7, 11) is 0. The molecule has 12 heavy (non-hydrogen) atoms. The van der Waals surface area contributed by atoms with Gasteiger partial charge in [-0.05, 0) is 26.0 Å². The van der Waals surface area contributed by atoms with E-state index in [-0.39, 0.29) is 11.9 Å². The third kappa shape index (κ3) is 2.05. The van der Waals surface area contributed by atoms with Crippen molar-refractivity contribution in [2.75, 3.05) is 5.73 Å². The minimum atomic E-state index is 0.0631. The Labute approximate surface area is 71.8 Å². The highest BCUT2D eigenvalue weighted by Crippen LogP contribution is 2.25. The molecule has 0 aliphatic heterocycles. The van der Waals surface area contributed by atoms with E-state index in [1.165, 1.54) is 6.07 Å². The predicted molar refractivity (Wildman–Crippen MR) is 48.3 cm³/mol. The van der Waals surface area contributed by atoms with Gasteiger partial charge < -0.3 is 15.6 Å². The number of phenolic OH excluding ortho intramolecular Hbond substituents is 1. The maximum atomic E-state index is 9.21. The van der Waals surface area contributed by atoms with Gasteiger partial charge in [0.15, 0.2) is 0 Å². The van der Waals surface area contributed by atoms with Gasteiger partial charge in [-0.3, -0.25) is 0 Å². The second kappa shape index (κ2) is 3.34.